The monoisotopic (exact) mass is 384 g/mol. The molecule has 9 heteroatoms. The van der Waals surface area contributed by atoms with Crippen molar-refractivity contribution in [2.75, 3.05) is 34.3 Å². The quantitative estimate of drug-likeness (QED) is 0.640. The second kappa shape index (κ2) is 8.22. The molecule has 0 bridgehead atoms. The smallest absolute Gasteiger partial charge is 0.293 e. The number of benzene rings is 1. The lowest BCUT2D eigenvalue weighted by atomic mass is 10.1. The summed E-state index contributed by atoms with van der Waals surface area (Å²) in [6.45, 7) is 2.85. The highest BCUT2D eigenvalue weighted by Gasteiger charge is 2.14. The molecule has 0 atom stereocenters. The van der Waals surface area contributed by atoms with E-state index in [0.29, 0.717) is 23.6 Å². The Labute approximate surface area is 162 Å². The van der Waals surface area contributed by atoms with Gasteiger partial charge in [0.1, 0.15) is 23.6 Å². The average molecular weight is 384 g/mol. The zero-order valence-corrected chi connectivity index (χ0v) is 16.5. The Morgan fingerprint density at radius 3 is 2.57 bits per heavy atom. The van der Waals surface area contributed by atoms with Crippen molar-refractivity contribution in [3.8, 4) is 17.0 Å². The number of carbonyl (C=O) groups excluding carboxylic acids is 1. The molecule has 0 radical (unpaired) electrons. The fourth-order valence-corrected chi connectivity index (χ4v) is 2.80. The summed E-state index contributed by atoms with van der Waals surface area (Å²) in [7, 11) is 5.46. The summed E-state index contributed by atoms with van der Waals surface area (Å²) in [5.74, 6) is 1.01. The third-order valence-corrected chi connectivity index (χ3v) is 4.30. The Balaban J connectivity index is 1.87. The van der Waals surface area contributed by atoms with Gasteiger partial charge in [-0.1, -0.05) is 0 Å². The summed E-state index contributed by atoms with van der Waals surface area (Å²) in [5, 5.41) is 11.5. The number of aryl methyl sites for hydroxylation is 1. The Kier molecular flexibility index (Phi) is 5.74. The van der Waals surface area contributed by atoms with E-state index in [2.05, 4.69) is 15.5 Å². The molecule has 0 aliphatic rings. The molecule has 3 aromatic rings. The van der Waals surface area contributed by atoms with Gasteiger partial charge in [-0.15, -0.1) is 0 Å². The molecule has 0 aliphatic carbocycles. The van der Waals surface area contributed by atoms with Crippen molar-refractivity contribution in [1.82, 2.24) is 29.6 Å². The van der Waals surface area contributed by atoms with E-state index in [1.54, 1.807) is 20.1 Å². The predicted molar refractivity (Wildman–Crippen MR) is 106 cm³/mol. The zero-order chi connectivity index (χ0) is 20.3. The molecular weight excluding hydrogens is 360 g/mol. The number of carbonyl (C=O) groups is 1. The topological polar surface area (TPSA) is 93.8 Å². The molecule has 2 aromatic heterocycles. The van der Waals surface area contributed by atoms with E-state index in [1.807, 2.05) is 43.3 Å². The molecule has 0 aliphatic heterocycles. The van der Waals surface area contributed by atoms with Crippen molar-refractivity contribution >= 4 is 11.4 Å². The molecule has 148 valence electrons. The minimum absolute atomic E-state index is 0.132. The summed E-state index contributed by atoms with van der Waals surface area (Å²) in [6, 6.07) is 9.13. The maximum Gasteiger partial charge on any atom is 0.293 e. The number of nitrogens with zero attached hydrogens (tertiary/aromatic N) is 5. The molecule has 0 unspecified atom stereocenters. The minimum Gasteiger partial charge on any atom is -0.497 e. The highest BCUT2D eigenvalue weighted by Crippen LogP contribution is 2.21. The number of amides is 1. The number of hydrogen-bond acceptors (Lipinski definition) is 6. The van der Waals surface area contributed by atoms with Gasteiger partial charge in [0.05, 0.1) is 12.8 Å². The Bertz CT molecular complexity index is 1040. The second-order valence-corrected chi connectivity index (χ2v) is 6.72. The fraction of sp³-hybridized carbons (Fsp3) is 0.368. The predicted octanol–water partition coefficient (Wildman–Crippen LogP) is 0.553. The molecule has 0 spiro atoms. The van der Waals surface area contributed by atoms with Crippen molar-refractivity contribution in [2.45, 2.75) is 13.5 Å². The number of ether oxygens (including phenoxy) is 1. The molecule has 1 N–H and O–H groups in total. The lowest BCUT2D eigenvalue weighted by Gasteiger charge is -2.11. The summed E-state index contributed by atoms with van der Waals surface area (Å²) in [5.41, 5.74) is 1.52. The Hall–Kier alpha value is -3.20. The first-order valence-electron chi connectivity index (χ1n) is 8.92. The first kappa shape index (κ1) is 19.6. The lowest BCUT2D eigenvalue weighted by Crippen LogP contribution is -2.37. The summed E-state index contributed by atoms with van der Waals surface area (Å²) >= 11 is 0. The van der Waals surface area contributed by atoms with Gasteiger partial charge >= 0.3 is 0 Å². The van der Waals surface area contributed by atoms with Gasteiger partial charge in [0.25, 0.3) is 5.56 Å². The van der Waals surface area contributed by atoms with Crippen LogP contribution in [0.4, 0.5) is 0 Å². The van der Waals surface area contributed by atoms with Gasteiger partial charge in [0.15, 0.2) is 0 Å². The number of aromatic nitrogens is 4. The minimum atomic E-state index is -0.361. The van der Waals surface area contributed by atoms with Crippen LogP contribution in [0.2, 0.25) is 0 Å². The van der Waals surface area contributed by atoms with E-state index in [4.69, 9.17) is 4.74 Å². The van der Waals surface area contributed by atoms with Gasteiger partial charge in [-0.25, -0.2) is 9.20 Å². The fourth-order valence-electron chi connectivity index (χ4n) is 2.80. The van der Waals surface area contributed by atoms with Gasteiger partial charge in [-0.2, -0.15) is 10.2 Å². The van der Waals surface area contributed by atoms with Crippen LogP contribution in [0.5, 0.6) is 5.75 Å². The lowest BCUT2D eigenvalue weighted by molar-refractivity contribution is -0.121. The number of methoxy groups -OCH3 is 1. The Morgan fingerprint density at radius 1 is 1.21 bits per heavy atom. The van der Waals surface area contributed by atoms with Gasteiger partial charge in [-0.05, 0) is 51.4 Å². The summed E-state index contributed by atoms with van der Waals surface area (Å²) in [6.07, 6.45) is 0. The third kappa shape index (κ3) is 4.20. The molecule has 1 aromatic carbocycles. The molecule has 0 fully saturated rings. The van der Waals surface area contributed by atoms with Gasteiger partial charge in [-0.3, -0.25) is 9.59 Å². The number of rotatable bonds is 7. The van der Waals surface area contributed by atoms with E-state index in [1.165, 1.54) is 9.20 Å². The number of nitrogens with one attached hydrogen (secondary N) is 1. The zero-order valence-electron chi connectivity index (χ0n) is 16.5. The van der Waals surface area contributed by atoms with E-state index < -0.39 is 0 Å². The van der Waals surface area contributed by atoms with Crippen LogP contribution in [-0.4, -0.2) is 64.5 Å². The largest absolute Gasteiger partial charge is 0.497 e. The highest BCUT2D eigenvalue weighted by atomic mass is 16.5. The molecule has 2 heterocycles. The van der Waals surface area contributed by atoms with E-state index in [0.717, 1.165) is 17.9 Å². The average Bonchev–Trinajstić information content (AvgIpc) is 3.12. The second-order valence-electron chi connectivity index (χ2n) is 6.72. The summed E-state index contributed by atoms with van der Waals surface area (Å²) < 4.78 is 7.84. The number of fused-ring (bicyclic) bond motifs is 1. The molecule has 1 amide bonds. The maximum absolute atomic E-state index is 12.8. The van der Waals surface area contributed by atoms with Crippen molar-refractivity contribution in [3.63, 3.8) is 0 Å². The first-order chi connectivity index (χ1) is 13.4. The van der Waals surface area contributed by atoms with Crippen LogP contribution in [0.15, 0.2) is 35.1 Å². The SMILES string of the molecule is COc1ccc(-c2cc3c(=O)n(CC(=O)NCCN(C)C)nc(C)n3n2)cc1. The third-order valence-electron chi connectivity index (χ3n) is 4.30. The van der Waals surface area contributed by atoms with Crippen LogP contribution >= 0.6 is 0 Å². The van der Waals surface area contributed by atoms with E-state index >= 15 is 0 Å². The molecule has 9 nitrogen and oxygen atoms in total. The molecule has 3 rings (SSSR count). The van der Waals surface area contributed by atoms with E-state index in [-0.39, 0.29) is 18.0 Å². The van der Waals surface area contributed by atoms with Crippen LogP contribution in [-0.2, 0) is 11.3 Å². The van der Waals surface area contributed by atoms with Gasteiger partial charge in [0.2, 0.25) is 5.91 Å². The van der Waals surface area contributed by atoms with Crippen LogP contribution in [0, 0.1) is 6.92 Å². The van der Waals surface area contributed by atoms with Crippen molar-refractivity contribution in [3.05, 3.63) is 46.5 Å². The summed E-state index contributed by atoms with van der Waals surface area (Å²) in [4.78, 5) is 26.9. The molecule has 0 saturated carbocycles. The molecule has 0 saturated heterocycles. The standard InChI is InChI=1S/C19H24N6O3/c1-13-21-24(12-18(26)20-9-10-23(2)3)19(27)17-11-16(22-25(13)17)14-5-7-15(28-4)8-6-14/h5-8,11H,9-10,12H2,1-4H3,(H,20,26). The molecule has 28 heavy (non-hydrogen) atoms. The molecular formula is C19H24N6O3. The van der Waals surface area contributed by atoms with Gasteiger partial charge in [0, 0.05) is 18.7 Å². The number of hydrogen-bond donors (Lipinski definition) is 1. The van der Waals surface area contributed by atoms with Crippen molar-refractivity contribution in [2.24, 2.45) is 0 Å². The van der Waals surface area contributed by atoms with Crippen LogP contribution in [0.1, 0.15) is 5.82 Å². The van der Waals surface area contributed by atoms with Gasteiger partial charge < -0.3 is 15.0 Å². The van der Waals surface area contributed by atoms with Crippen molar-refractivity contribution < 1.29 is 9.53 Å². The van der Waals surface area contributed by atoms with Crippen LogP contribution < -0.4 is 15.6 Å². The first-order valence-corrected chi connectivity index (χ1v) is 8.92. The number of likely N-dealkylation sites (N-methyl/N-ethyl adjacent to an activating group) is 1. The van der Waals surface area contributed by atoms with Crippen LogP contribution in [0.3, 0.4) is 0 Å². The van der Waals surface area contributed by atoms with E-state index in [9.17, 15) is 9.59 Å². The highest BCUT2D eigenvalue weighted by molar-refractivity contribution is 5.75. The van der Waals surface area contributed by atoms with Crippen molar-refractivity contribution in [1.29, 1.82) is 0 Å². The Morgan fingerprint density at radius 2 is 1.93 bits per heavy atom. The normalized spacial score (nSPS) is 11.2. The maximum atomic E-state index is 12.8. The van der Waals surface area contributed by atoms with Crippen LogP contribution in [0.25, 0.3) is 16.8 Å².